The number of hydrazone groups is 1. The van der Waals surface area contributed by atoms with Gasteiger partial charge in [0.2, 0.25) is 5.91 Å². The summed E-state index contributed by atoms with van der Waals surface area (Å²) in [5.74, 6) is 0.0727. The molecule has 9 nitrogen and oxygen atoms in total. The molecule has 0 fully saturated rings. The summed E-state index contributed by atoms with van der Waals surface area (Å²) >= 11 is 0. The molecule has 0 spiro atoms. The van der Waals surface area contributed by atoms with Gasteiger partial charge in [0, 0.05) is 23.1 Å². The van der Waals surface area contributed by atoms with E-state index in [1.54, 1.807) is 31.2 Å². The number of hydrazine groups is 1. The van der Waals surface area contributed by atoms with E-state index >= 15 is 0 Å². The van der Waals surface area contributed by atoms with Crippen LogP contribution in [-0.4, -0.2) is 30.5 Å². The van der Waals surface area contributed by atoms with E-state index in [4.69, 9.17) is 9.15 Å². The van der Waals surface area contributed by atoms with Crippen LogP contribution in [0.2, 0.25) is 0 Å². The number of carbonyl (C=O) groups excluding carboxylic acids is 3. The SMILES string of the molecule is COc1ccc(C(=O)NNC(=O)c2oc3c(c2C)/C(=N/NC(=O)Cc2ccccc2)CCC3)cc1. The molecule has 0 radical (unpaired) electrons. The van der Waals surface area contributed by atoms with Crippen LogP contribution in [-0.2, 0) is 17.6 Å². The van der Waals surface area contributed by atoms with Crippen molar-refractivity contribution in [2.75, 3.05) is 7.11 Å². The Morgan fingerprint density at radius 2 is 1.69 bits per heavy atom. The van der Waals surface area contributed by atoms with Gasteiger partial charge >= 0.3 is 5.91 Å². The highest BCUT2D eigenvalue weighted by atomic mass is 16.5. The van der Waals surface area contributed by atoms with E-state index in [0.717, 1.165) is 17.5 Å². The number of amides is 3. The van der Waals surface area contributed by atoms with Crippen molar-refractivity contribution in [3.8, 4) is 5.75 Å². The quantitative estimate of drug-likeness (QED) is 0.474. The van der Waals surface area contributed by atoms with Crippen LogP contribution < -0.4 is 21.0 Å². The Morgan fingerprint density at radius 3 is 2.40 bits per heavy atom. The maximum absolute atomic E-state index is 12.7. The molecule has 0 saturated carbocycles. The first-order chi connectivity index (χ1) is 17.0. The molecule has 3 N–H and O–H groups in total. The topological polar surface area (TPSA) is 122 Å². The van der Waals surface area contributed by atoms with Gasteiger partial charge < -0.3 is 9.15 Å². The highest BCUT2D eigenvalue weighted by Gasteiger charge is 2.28. The van der Waals surface area contributed by atoms with Gasteiger partial charge in [-0.1, -0.05) is 30.3 Å². The smallest absolute Gasteiger partial charge is 0.305 e. The second kappa shape index (κ2) is 10.7. The number of ether oxygens (including phenoxy) is 1. The fourth-order valence-corrected chi connectivity index (χ4v) is 3.93. The van der Waals surface area contributed by atoms with Gasteiger partial charge in [0.1, 0.15) is 11.5 Å². The first-order valence-electron chi connectivity index (χ1n) is 11.2. The van der Waals surface area contributed by atoms with Crippen LogP contribution >= 0.6 is 0 Å². The zero-order valence-corrected chi connectivity index (χ0v) is 19.5. The van der Waals surface area contributed by atoms with Crippen molar-refractivity contribution < 1.29 is 23.5 Å². The van der Waals surface area contributed by atoms with E-state index in [-0.39, 0.29) is 18.1 Å². The number of benzene rings is 2. The molecular weight excluding hydrogens is 448 g/mol. The number of hydrogen-bond donors (Lipinski definition) is 3. The Kier molecular flexibility index (Phi) is 7.25. The van der Waals surface area contributed by atoms with Crippen LogP contribution in [0.3, 0.4) is 0 Å². The van der Waals surface area contributed by atoms with Crippen molar-refractivity contribution in [1.29, 1.82) is 0 Å². The number of hydrogen-bond acceptors (Lipinski definition) is 6. The second-order valence-electron chi connectivity index (χ2n) is 8.10. The maximum Gasteiger partial charge on any atom is 0.305 e. The third kappa shape index (κ3) is 5.57. The maximum atomic E-state index is 12.7. The number of furan rings is 1. The molecule has 1 aliphatic carbocycles. The molecule has 0 unspecified atom stereocenters. The van der Waals surface area contributed by atoms with E-state index in [9.17, 15) is 14.4 Å². The van der Waals surface area contributed by atoms with Gasteiger partial charge in [-0.25, -0.2) is 5.43 Å². The number of rotatable bonds is 6. The highest BCUT2D eigenvalue weighted by molar-refractivity contribution is 6.07. The van der Waals surface area contributed by atoms with Gasteiger partial charge in [0.15, 0.2) is 5.76 Å². The summed E-state index contributed by atoms with van der Waals surface area (Å²) in [6.45, 7) is 1.76. The number of nitrogens with one attached hydrogen (secondary N) is 3. The average Bonchev–Trinajstić information content (AvgIpc) is 3.23. The van der Waals surface area contributed by atoms with Gasteiger partial charge in [-0.05, 0) is 49.6 Å². The van der Waals surface area contributed by atoms with Gasteiger partial charge in [0.25, 0.3) is 5.91 Å². The fourth-order valence-electron chi connectivity index (χ4n) is 3.93. The number of aryl methyl sites for hydroxylation is 1. The molecule has 2 aromatic carbocycles. The normalized spacial score (nSPS) is 13.6. The minimum absolute atomic E-state index is 0.0928. The predicted molar refractivity (Wildman–Crippen MR) is 129 cm³/mol. The standard InChI is InChI=1S/C26H26N4O5/c1-16-23-20(27-28-22(31)15-17-7-4-3-5-8-17)9-6-10-21(23)35-24(16)26(33)30-29-25(32)18-11-13-19(34-2)14-12-18/h3-5,7-8,11-14H,6,9-10,15H2,1-2H3,(H,28,31)(H,29,32)(H,30,33)/b27-20+. The number of fused-ring (bicyclic) bond motifs is 1. The first kappa shape index (κ1) is 23.7. The molecule has 0 bridgehead atoms. The predicted octanol–water partition coefficient (Wildman–Crippen LogP) is 3.07. The van der Waals surface area contributed by atoms with Crippen LogP contribution in [0, 0.1) is 6.92 Å². The van der Waals surface area contributed by atoms with Crippen molar-refractivity contribution in [2.45, 2.75) is 32.6 Å². The molecule has 0 atom stereocenters. The van der Waals surface area contributed by atoms with Crippen molar-refractivity contribution in [1.82, 2.24) is 16.3 Å². The number of methoxy groups -OCH3 is 1. The summed E-state index contributed by atoms with van der Waals surface area (Å²) < 4.78 is 10.9. The molecule has 4 rings (SSSR count). The zero-order valence-electron chi connectivity index (χ0n) is 19.5. The van der Waals surface area contributed by atoms with Gasteiger partial charge in [0.05, 0.1) is 19.2 Å². The van der Waals surface area contributed by atoms with Gasteiger partial charge in [-0.3, -0.25) is 25.2 Å². The minimum Gasteiger partial charge on any atom is -0.497 e. The van der Waals surface area contributed by atoms with Crippen LogP contribution in [0.15, 0.2) is 64.1 Å². The monoisotopic (exact) mass is 474 g/mol. The van der Waals surface area contributed by atoms with Crippen LogP contribution in [0.1, 0.15) is 56.2 Å². The van der Waals surface area contributed by atoms with Crippen LogP contribution in [0.5, 0.6) is 5.75 Å². The van der Waals surface area contributed by atoms with Crippen LogP contribution in [0.25, 0.3) is 0 Å². The Labute approximate surface area is 202 Å². The third-order valence-electron chi connectivity index (χ3n) is 5.70. The van der Waals surface area contributed by atoms with Crippen molar-refractivity contribution in [3.05, 3.63) is 88.4 Å². The van der Waals surface area contributed by atoms with Crippen molar-refractivity contribution >= 4 is 23.4 Å². The summed E-state index contributed by atoms with van der Waals surface area (Å²) in [6.07, 6.45) is 2.30. The minimum atomic E-state index is -0.578. The van der Waals surface area contributed by atoms with E-state index in [1.165, 1.54) is 7.11 Å². The lowest BCUT2D eigenvalue weighted by Gasteiger charge is -2.13. The molecular formula is C26H26N4O5. The molecule has 9 heteroatoms. The Balaban J connectivity index is 1.42. The zero-order chi connectivity index (χ0) is 24.8. The molecule has 180 valence electrons. The van der Waals surface area contributed by atoms with E-state index < -0.39 is 11.8 Å². The highest BCUT2D eigenvalue weighted by Crippen LogP contribution is 2.29. The molecule has 1 heterocycles. The fraction of sp³-hybridized carbons (Fsp3) is 0.231. The summed E-state index contributed by atoms with van der Waals surface area (Å²) in [5.41, 5.74) is 10.6. The Morgan fingerprint density at radius 1 is 0.971 bits per heavy atom. The van der Waals surface area contributed by atoms with E-state index in [2.05, 4.69) is 21.4 Å². The van der Waals surface area contributed by atoms with Crippen molar-refractivity contribution in [2.24, 2.45) is 5.10 Å². The van der Waals surface area contributed by atoms with E-state index in [0.29, 0.717) is 41.2 Å². The summed E-state index contributed by atoms with van der Waals surface area (Å²) in [7, 11) is 1.54. The van der Waals surface area contributed by atoms with Crippen molar-refractivity contribution in [3.63, 3.8) is 0 Å². The molecule has 0 saturated heterocycles. The average molecular weight is 475 g/mol. The Hall–Kier alpha value is -4.40. The summed E-state index contributed by atoms with van der Waals surface area (Å²) in [6, 6.07) is 15.9. The van der Waals surface area contributed by atoms with Gasteiger partial charge in [-0.15, -0.1) is 0 Å². The molecule has 1 aromatic heterocycles. The molecule has 3 amide bonds. The molecule has 1 aliphatic rings. The first-order valence-corrected chi connectivity index (χ1v) is 11.2. The molecule has 35 heavy (non-hydrogen) atoms. The summed E-state index contributed by atoms with van der Waals surface area (Å²) in [4.78, 5) is 37.4. The lowest BCUT2D eigenvalue weighted by atomic mass is 9.93. The van der Waals surface area contributed by atoms with Gasteiger partial charge in [-0.2, -0.15) is 5.10 Å². The second-order valence-corrected chi connectivity index (χ2v) is 8.10. The Bertz CT molecular complexity index is 1260. The number of nitrogens with zero attached hydrogens (tertiary/aromatic N) is 1. The van der Waals surface area contributed by atoms with Crippen LogP contribution in [0.4, 0.5) is 0 Å². The number of carbonyl (C=O) groups is 3. The molecule has 0 aliphatic heterocycles. The van der Waals surface area contributed by atoms with E-state index in [1.807, 2.05) is 30.3 Å². The third-order valence-corrected chi connectivity index (χ3v) is 5.70. The molecule has 3 aromatic rings. The lowest BCUT2D eigenvalue weighted by molar-refractivity contribution is -0.120. The largest absolute Gasteiger partial charge is 0.497 e. The summed E-state index contributed by atoms with van der Waals surface area (Å²) in [5, 5.41) is 4.33. The lowest BCUT2D eigenvalue weighted by Crippen LogP contribution is -2.41.